The van der Waals surface area contributed by atoms with Crippen molar-refractivity contribution in [3.8, 4) is 17.2 Å². The smallest absolute Gasteiger partial charge is 0.314 e. The van der Waals surface area contributed by atoms with Gasteiger partial charge in [0.1, 0.15) is 29.6 Å². The summed E-state index contributed by atoms with van der Waals surface area (Å²) >= 11 is 0. The van der Waals surface area contributed by atoms with E-state index < -0.39 is 48.9 Å². The van der Waals surface area contributed by atoms with Crippen LogP contribution in [0.1, 0.15) is 99.0 Å². The number of rotatable bonds is 11. The fraction of sp³-hybridized carbons (Fsp3) is 0.471. The van der Waals surface area contributed by atoms with Crippen LogP contribution in [0.2, 0.25) is 0 Å². The molecule has 0 unspecified atom stereocenters. The number of aromatic amines is 1. The summed E-state index contributed by atoms with van der Waals surface area (Å²) in [5, 5.41) is 26.2. The zero-order valence-corrected chi connectivity index (χ0v) is 40.8. The van der Waals surface area contributed by atoms with Crippen LogP contribution in [-0.2, 0) is 10.0 Å². The Morgan fingerprint density at radius 3 is 2.51 bits per heavy atom. The van der Waals surface area contributed by atoms with E-state index in [9.17, 15) is 37.6 Å². The summed E-state index contributed by atoms with van der Waals surface area (Å²) in [4.78, 5) is 51.2. The maximum atomic E-state index is 14.7. The number of aromatic nitrogens is 2. The molecule has 2 aromatic heterocycles. The number of nitrogens with zero attached hydrogens (tertiary/aromatic N) is 5. The second-order valence-electron chi connectivity index (χ2n) is 20.8. The number of hydrogen-bond acceptors (Lipinski definition) is 13. The van der Waals surface area contributed by atoms with Gasteiger partial charge in [0.25, 0.3) is 21.6 Å². The highest BCUT2D eigenvalue weighted by molar-refractivity contribution is 7.90. The van der Waals surface area contributed by atoms with Crippen molar-refractivity contribution in [1.82, 2.24) is 24.5 Å². The van der Waals surface area contributed by atoms with Crippen LogP contribution in [-0.4, -0.2) is 114 Å². The zero-order valence-electron chi connectivity index (χ0n) is 40.0. The maximum Gasteiger partial charge on any atom is 0.314 e. The van der Waals surface area contributed by atoms with Gasteiger partial charge in [-0.2, -0.15) is 0 Å². The minimum Gasteiger partial charge on any atom is -0.489 e. The summed E-state index contributed by atoms with van der Waals surface area (Å²) in [5.74, 6) is -1.05. The number of primary amides is 1. The molecule has 0 radical (unpaired) electrons. The monoisotopic (exact) mass is 993 g/mol. The van der Waals surface area contributed by atoms with E-state index in [1.165, 1.54) is 35.7 Å². The average molecular weight is 994 g/mol. The van der Waals surface area contributed by atoms with Crippen molar-refractivity contribution in [3.63, 3.8) is 0 Å². The third-order valence-electron chi connectivity index (χ3n) is 15.7. The zero-order chi connectivity index (χ0) is 50.0. The Kier molecular flexibility index (Phi) is 12.6. The number of sulfonamides is 1. The van der Waals surface area contributed by atoms with Crippen molar-refractivity contribution >= 4 is 50.1 Å². The molecule has 3 atom stereocenters. The quantitative estimate of drug-likeness (QED) is 0.0634. The van der Waals surface area contributed by atoms with Crippen molar-refractivity contribution < 1.29 is 41.9 Å². The van der Waals surface area contributed by atoms with Gasteiger partial charge in [0.05, 0.1) is 38.6 Å². The molecule has 3 aromatic carbocycles. The Morgan fingerprint density at radius 2 is 1.79 bits per heavy atom. The number of hydrogen-bond donors (Lipinski definition) is 5. The molecule has 4 aliphatic heterocycles. The highest BCUT2D eigenvalue weighted by atomic mass is 32.2. The molecule has 6 heterocycles. The summed E-state index contributed by atoms with van der Waals surface area (Å²) in [7, 11) is -4.74. The van der Waals surface area contributed by atoms with Gasteiger partial charge in [-0.05, 0) is 98.4 Å². The summed E-state index contributed by atoms with van der Waals surface area (Å²) in [6.45, 7) is 10.7. The van der Waals surface area contributed by atoms with Gasteiger partial charge in [0.2, 0.25) is 0 Å². The molecule has 376 valence electrons. The predicted molar refractivity (Wildman–Crippen MR) is 264 cm³/mol. The fourth-order valence-corrected chi connectivity index (χ4v) is 12.7. The topological polar surface area (TPSA) is 239 Å². The van der Waals surface area contributed by atoms with E-state index >= 15 is 0 Å². The van der Waals surface area contributed by atoms with Gasteiger partial charge >= 0.3 is 6.03 Å². The number of likely N-dealkylation sites (tertiary alicyclic amines) is 2. The van der Waals surface area contributed by atoms with E-state index in [0.29, 0.717) is 57.8 Å². The number of nitro benzene ring substituents is 1. The third-order valence-corrected chi connectivity index (χ3v) is 17.1. The summed E-state index contributed by atoms with van der Waals surface area (Å²) in [6.07, 6.45) is 7.69. The van der Waals surface area contributed by atoms with Crippen LogP contribution in [0, 0.1) is 27.3 Å². The number of carbonyl (C=O) groups excluding carboxylic acids is 2. The van der Waals surface area contributed by atoms with Gasteiger partial charge in [-0.15, -0.1) is 0 Å². The highest BCUT2D eigenvalue weighted by Crippen LogP contribution is 2.48. The number of amides is 3. The van der Waals surface area contributed by atoms with Crippen LogP contribution in [0.25, 0.3) is 11.0 Å². The third kappa shape index (κ3) is 9.56. The number of urea groups is 1. The second-order valence-corrected chi connectivity index (χ2v) is 22.5. The summed E-state index contributed by atoms with van der Waals surface area (Å²) in [5.41, 5.74) is 8.06. The van der Waals surface area contributed by atoms with Crippen molar-refractivity contribution in [2.24, 2.45) is 17.1 Å². The molecular weight excluding hydrogens is 934 g/mol. The van der Waals surface area contributed by atoms with E-state index in [2.05, 4.69) is 67.9 Å². The lowest BCUT2D eigenvalue weighted by Gasteiger charge is -2.59. The number of nitro groups is 1. The molecule has 3 saturated heterocycles. The van der Waals surface area contributed by atoms with Crippen molar-refractivity contribution in [3.05, 3.63) is 106 Å². The Labute approximate surface area is 411 Å². The van der Waals surface area contributed by atoms with Gasteiger partial charge in [-0.3, -0.25) is 19.8 Å². The molecule has 4 fully saturated rings. The molecule has 18 nitrogen and oxygen atoms in total. The molecule has 20 heteroatoms. The minimum absolute atomic E-state index is 0.0170. The molecule has 10 rings (SSSR count). The first-order valence-electron chi connectivity index (χ1n) is 24.4. The second kappa shape index (κ2) is 18.6. The predicted octanol–water partition coefficient (Wildman–Crippen LogP) is 7.60. The maximum absolute atomic E-state index is 14.7. The van der Waals surface area contributed by atoms with Gasteiger partial charge in [0.15, 0.2) is 11.4 Å². The van der Waals surface area contributed by atoms with Crippen molar-refractivity contribution in [2.45, 2.75) is 100 Å². The fourth-order valence-electron chi connectivity index (χ4n) is 11.7. The number of aliphatic hydroxyl groups is 1. The van der Waals surface area contributed by atoms with Gasteiger partial charge in [-0.1, -0.05) is 38.1 Å². The number of nitrogens with one attached hydrogen (secondary N) is 3. The van der Waals surface area contributed by atoms with Gasteiger partial charge < -0.3 is 40.4 Å². The lowest BCUT2D eigenvalue weighted by atomic mass is 9.69. The largest absolute Gasteiger partial charge is 0.489 e. The number of halogens is 1. The van der Waals surface area contributed by atoms with Crippen molar-refractivity contribution in [2.75, 3.05) is 56.1 Å². The number of H-pyrrole nitrogens is 1. The normalized spacial score (nSPS) is 24.4. The van der Waals surface area contributed by atoms with E-state index in [1.54, 1.807) is 24.0 Å². The van der Waals surface area contributed by atoms with Crippen LogP contribution in [0.4, 0.5) is 26.2 Å². The highest BCUT2D eigenvalue weighted by Gasteiger charge is 2.50. The van der Waals surface area contributed by atoms with E-state index in [0.717, 1.165) is 50.2 Å². The Morgan fingerprint density at radius 1 is 1.04 bits per heavy atom. The Balaban J connectivity index is 0.865. The number of fused-ring (bicyclic) bond motifs is 2. The lowest BCUT2D eigenvalue weighted by Crippen LogP contribution is -2.66. The average Bonchev–Trinajstić information content (AvgIpc) is 3.71. The van der Waals surface area contributed by atoms with Crippen molar-refractivity contribution in [1.29, 1.82) is 0 Å². The number of ether oxygens (including phenoxy) is 2. The minimum atomic E-state index is -4.74. The number of piperidine rings is 2. The molecule has 1 spiro atoms. The van der Waals surface area contributed by atoms with Crippen LogP contribution >= 0.6 is 0 Å². The molecule has 1 aliphatic carbocycles. The molecule has 5 aromatic rings. The molecule has 6 N–H and O–H groups in total. The summed E-state index contributed by atoms with van der Waals surface area (Å²) in [6, 6.07) is 16.4. The van der Waals surface area contributed by atoms with Crippen LogP contribution < -0.4 is 30.1 Å². The Hall–Kier alpha value is -6.51. The number of carbonyl (C=O) groups is 2. The molecule has 71 heavy (non-hydrogen) atoms. The molecule has 5 aliphatic rings. The molecule has 0 bridgehead atoms. The van der Waals surface area contributed by atoms with Crippen LogP contribution in [0.3, 0.4) is 0 Å². The number of pyridine rings is 1. The van der Waals surface area contributed by atoms with E-state index in [4.69, 9.17) is 15.2 Å². The SMILES string of the molecule is CC(C)c1ccccc1[C@@H]1CN(C(N)=O)CC[C@@H]1N1CC2(CCN(c3ccc(C(=O)NS(=O)(=O)c4cc5c(c([N+](=O)[O-])c4)N[C@@H](C4CCC(C)(O)CC4)CO5)c(Oc4cnc5[nH]cc(F)c5c4)c3)CC2)C1. The standard InChI is InChI=1S/C51H60FN9O9S/c1-30(2)35-6-4-5-7-36(35)39-26-59(49(53)63)17-12-42(39)60-28-51(29-60)15-18-58(19-16-51)32-8-9-37(44(20-32)70-33-21-38-40(52)25-55-47(38)54-24-33)48(62)57-71(67,68)34-22-43(61(65)66)46-45(23-34)69-27-41(56-46)31-10-13-50(3,64)14-11-31/h4-9,20-25,30-31,39,41-42,56,64H,10-19,26-29H2,1-3H3,(H2,53,63)(H,54,55)(H,57,62)/t31?,39-,41+,42-,50?/m0/s1. The number of nitrogens with two attached hydrogens (primary N) is 1. The molecular formula is C51H60FN9O9S. The molecule has 1 saturated carbocycles. The van der Waals surface area contributed by atoms with Gasteiger partial charge in [0, 0.05) is 81.3 Å². The summed E-state index contributed by atoms with van der Waals surface area (Å²) < 4.78 is 57.0. The first kappa shape index (κ1) is 48.1. The Bertz CT molecular complexity index is 2990. The molecule has 3 amide bonds. The number of anilines is 2. The van der Waals surface area contributed by atoms with Crippen LogP contribution in [0.5, 0.6) is 17.2 Å². The van der Waals surface area contributed by atoms with E-state index in [1.807, 2.05) is 0 Å². The van der Waals surface area contributed by atoms with E-state index in [-0.39, 0.29) is 75.5 Å². The first-order chi connectivity index (χ1) is 33.9. The lowest BCUT2D eigenvalue weighted by molar-refractivity contribution is -0.384. The first-order valence-corrected chi connectivity index (χ1v) is 25.9. The van der Waals surface area contributed by atoms with Crippen LogP contribution in [0.15, 0.2) is 78.0 Å². The number of benzene rings is 3. The van der Waals surface area contributed by atoms with Gasteiger partial charge in [-0.25, -0.2) is 27.3 Å².